The van der Waals surface area contributed by atoms with E-state index >= 15 is 0 Å². The van der Waals surface area contributed by atoms with Gasteiger partial charge in [0, 0.05) is 6.42 Å². The molecule has 3 heteroatoms. The van der Waals surface area contributed by atoms with Gasteiger partial charge < -0.3 is 9.22 Å². The van der Waals surface area contributed by atoms with Crippen LogP contribution in [0.1, 0.15) is 6.42 Å². The smallest absolute Gasteiger partial charge is 0.314 e. The third-order valence-corrected chi connectivity index (χ3v) is 2.33. The molecule has 0 aromatic heterocycles. The fourth-order valence-electron chi connectivity index (χ4n) is 1.64. The normalized spacial score (nSPS) is 28.5. The molecule has 0 bridgehead atoms. The summed E-state index contributed by atoms with van der Waals surface area (Å²) in [4.78, 5) is 11.1. The van der Waals surface area contributed by atoms with Gasteiger partial charge in [-0.2, -0.15) is 0 Å². The molecule has 0 amide bonds. The van der Waals surface area contributed by atoms with Gasteiger partial charge >= 0.3 is 5.97 Å². The first-order valence-electron chi connectivity index (χ1n) is 3.95. The van der Waals surface area contributed by atoms with Crippen LogP contribution in [0.3, 0.4) is 0 Å². The van der Waals surface area contributed by atoms with Crippen LogP contribution in [0, 0.1) is 5.92 Å². The maximum atomic E-state index is 11.1. The Bertz CT molecular complexity index is 165. The molecule has 1 atom stereocenters. The summed E-state index contributed by atoms with van der Waals surface area (Å²) >= 11 is 0. The Kier molecular flexibility index (Phi) is 2.18. The Labute approximate surface area is 67.5 Å². The minimum atomic E-state index is -0.0475. The molecule has 1 aliphatic rings. The van der Waals surface area contributed by atoms with E-state index in [4.69, 9.17) is 0 Å². The van der Waals surface area contributed by atoms with E-state index in [0.29, 0.717) is 0 Å². The molecule has 64 valence electrons. The Morgan fingerprint density at radius 3 is 2.55 bits per heavy atom. The number of carbonyl (C=O) groups excluding carboxylic acids is 1. The maximum absolute atomic E-state index is 11.1. The van der Waals surface area contributed by atoms with Crippen molar-refractivity contribution in [3.8, 4) is 0 Å². The first-order valence-corrected chi connectivity index (χ1v) is 3.95. The van der Waals surface area contributed by atoms with Crippen LogP contribution >= 0.6 is 0 Å². The molecule has 1 saturated heterocycles. The number of carbonyl (C=O) groups is 1. The molecule has 1 unspecified atom stereocenters. The number of methoxy groups -OCH3 is 1. The number of esters is 1. The van der Waals surface area contributed by atoms with Crippen molar-refractivity contribution in [2.75, 3.05) is 34.3 Å². The molecule has 0 aromatic rings. The van der Waals surface area contributed by atoms with Crippen molar-refractivity contribution >= 4 is 5.97 Å². The molecule has 3 nitrogen and oxygen atoms in total. The van der Waals surface area contributed by atoms with E-state index in [2.05, 4.69) is 18.8 Å². The van der Waals surface area contributed by atoms with Gasteiger partial charge in [-0.05, 0) is 0 Å². The zero-order chi connectivity index (χ0) is 8.48. The first kappa shape index (κ1) is 8.53. The Balaban J connectivity index is 2.48. The minimum Gasteiger partial charge on any atom is -0.469 e. The summed E-state index contributed by atoms with van der Waals surface area (Å²) in [7, 11) is 5.74. The highest BCUT2D eigenvalue weighted by atomic mass is 16.5. The summed E-state index contributed by atoms with van der Waals surface area (Å²) in [6.07, 6.45) is 0.972. The van der Waals surface area contributed by atoms with Gasteiger partial charge in [0.15, 0.2) is 0 Å². The van der Waals surface area contributed by atoms with Crippen LogP contribution in [0.4, 0.5) is 0 Å². The van der Waals surface area contributed by atoms with E-state index < -0.39 is 0 Å². The Morgan fingerprint density at radius 2 is 2.18 bits per heavy atom. The Hall–Kier alpha value is -0.570. The van der Waals surface area contributed by atoms with Gasteiger partial charge in [0.05, 0.1) is 34.3 Å². The molecule has 1 rings (SSSR count). The van der Waals surface area contributed by atoms with E-state index in [1.165, 1.54) is 7.11 Å². The van der Waals surface area contributed by atoms with Gasteiger partial charge in [0.2, 0.25) is 0 Å². The van der Waals surface area contributed by atoms with E-state index in [0.717, 1.165) is 24.0 Å². The van der Waals surface area contributed by atoms with Crippen molar-refractivity contribution in [2.24, 2.45) is 5.92 Å². The van der Waals surface area contributed by atoms with Crippen LogP contribution < -0.4 is 0 Å². The summed E-state index contributed by atoms with van der Waals surface area (Å²) in [5.74, 6) is 0.0868. The van der Waals surface area contributed by atoms with Crippen LogP contribution in [0.15, 0.2) is 0 Å². The lowest BCUT2D eigenvalue weighted by Crippen LogP contribution is -2.37. The van der Waals surface area contributed by atoms with Crippen LogP contribution in [0.25, 0.3) is 0 Å². The summed E-state index contributed by atoms with van der Waals surface area (Å²) in [5.41, 5.74) is 0. The fraction of sp³-hybridized carbons (Fsp3) is 0.875. The van der Waals surface area contributed by atoms with Gasteiger partial charge in [-0.15, -0.1) is 0 Å². The number of hydrogen-bond donors (Lipinski definition) is 0. The number of hydrogen-bond acceptors (Lipinski definition) is 2. The third-order valence-electron chi connectivity index (χ3n) is 2.33. The lowest BCUT2D eigenvalue weighted by atomic mass is 10.1. The standard InChI is InChI=1S/C8H16NO2/c1-9(2)5-4-7(6-9)8(10)11-3/h7H,4-6H2,1-3H3/q+1. The first-order chi connectivity index (χ1) is 5.05. The van der Waals surface area contributed by atoms with E-state index in [9.17, 15) is 4.79 Å². The van der Waals surface area contributed by atoms with Gasteiger partial charge in [-0.25, -0.2) is 0 Å². The van der Waals surface area contributed by atoms with Crippen molar-refractivity contribution in [3.63, 3.8) is 0 Å². The number of ether oxygens (including phenoxy) is 1. The second kappa shape index (κ2) is 2.81. The van der Waals surface area contributed by atoms with Crippen molar-refractivity contribution in [1.82, 2.24) is 0 Å². The summed E-state index contributed by atoms with van der Waals surface area (Å²) < 4.78 is 5.62. The summed E-state index contributed by atoms with van der Waals surface area (Å²) in [6.45, 7) is 2.01. The van der Waals surface area contributed by atoms with E-state index in [1.54, 1.807) is 0 Å². The van der Waals surface area contributed by atoms with Crippen LogP contribution in [-0.4, -0.2) is 44.7 Å². The van der Waals surface area contributed by atoms with Crippen molar-refractivity contribution < 1.29 is 14.0 Å². The molecule has 0 radical (unpaired) electrons. The molecule has 0 N–H and O–H groups in total. The average Bonchev–Trinajstić information content (AvgIpc) is 2.29. The van der Waals surface area contributed by atoms with E-state index in [1.807, 2.05) is 0 Å². The Morgan fingerprint density at radius 1 is 1.55 bits per heavy atom. The summed E-state index contributed by atoms with van der Waals surface area (Å²) in [6, 6.07) is 0. The quantitative estimate of drug-likeness (QED) is 0.404. The number of quaternary nitrogens is 1. The molecular formula is C8H16NO2+. The number of likely N-dealkylation sites (tertiary alicyclic amines) is 1. The minimum absolute atomic E-state index is 0.0475. The molecule has 0 spiro atoms. The molecule has 0 aromatic carbocycles. The van der Waals surface area contributed by atoms with Crippen molar-refractivity contribution in [2.45, 2.75) is 6.42 Å². The fourth-order valence-corrected chi connectivity index (χ4v) is 1.64. The monoisotopic (exact) mass is 158 g/mol. The molecule has 0 aliphatic carbocycles. The second-order valence-corrected chi connectivity index (χ2v) is 3.85. The average molecular weight is 158 g/mol. The summed E-state index contributed by atoms with van der Waals surface area (Å²) in [5, 5.41) is 0. The molecule has 1 aliphatic heterocycles. The van der Waals surface area contributed by atoms with Crippen LogP contribution in [0.5, 0.6) is 0 Å². The molecule has 0 saturated carbocycles. The molecule has 1 fully saturated rings. The zero-order valence-corrected chi connectivity index (χ0v) is 7.46. The van der Waals surface area contributed by atoms with Gasteiger partial charge in [-0.1, -0.05) is 0 Å². The SMILES string of the molecule is COC(=O)C1CC[N+](C)(C)C1. The lowest BCUT2D eigenvalue weighted by Gasteiger charge is -2.22. The zero-order valence-electron chi connectivity index (χ0n) is 7.46. The highest BCUT2D eigenvalue weighted by Gasteiger charge is 2.35. The van der Waals surface area contributed by atoms with Crippen molar-refractivity contribution in [3.05, 3.63) is 0 Å². The number of rotatable bonds is 1. The third kappa shape index (κ3) is 1.93. The van der Waals surface area contributed by atoms with Crippen LogP contribution in [0.2, 0.25) is 0 Å². The topological polar surface area (TPSA) is 26.3 Å². The molecule has 1 heterocycles. The van der Waals surface area contributed by atoms with Gasteiger partial charge in [-0.3, -0.25) is 4.79 Å². The largest absolute Gasteiger partial charge is 0.469 e. The van der Waals surface area contributed by atoms with Crippen LogP contribution in [-0.2, 0) is 9.53 Å². The van der Waals surface area contributed by atoms with Crippen molar-refractivity contribution in [1.29, 1.82) is 0 Å². The number of nitrogens with zero attached hydrogens (tertiary/aromatic N) is 1. The highest BCUT2D eigenvalue weighted by molar-refractivity contribution is 5.72. The predicted molar refractivity (Wildman–Crippen MR) is 42.0 cm³/mol. The predicted octanol–water partition coefficient (Wildman–Crippen LogP) is 0.256. The lowest BCUT2D eigenvalue weighted by molar-refractivity contribution is -0.878. The molecule has 11 heavy (non-hydrogen) atoms. The second-order valence-electron chi connectivity index (χ2n) is 3.85. The molecular weight excluding hydrogens is 142 g/mol. The highest BCUT2D eigenvalue weighted by Crippen LogP contribution is 2.20. The maximum Gasteiger partial charge on any atom is 0.314 e. The van der Waals surface area contributed by atoms with E-state index in [-0.39, 0.29) is 11.9 Å². The van der Waals surface area contributed by atoms with Gasteiger partial charge in [0.1, 0.15) is 5.92 Å². The van der Waals surface area contributed by atoms with Gasteiger partial charge in [0.25, 0.3) is 0 Å².